The van der Waals surface area contributed by atoms with E-state index < -0.39 is 145 Å². The van der Waals surface area contributed by atoms with Crippen LogP contribution in [0.5, 0.6) is 0 Å². The average molecular weight is 973 g/mol. The average Bonchev–Trinajstić information content (AvgIpc) is 3.27. The molecule has 0 aromatic heterocycles. The second kappa shape index (κ2) is 17.9. The third kappa shape index (κ3) is 7.68. The molecule has 8 aliphatic rings. The lowest BCUT2D eigenvalue weighted by Crippen LogP contribution is -2.68. The number of carboxylic acid groups (broad SMARTS) is 2. The van der Waals surface area contributed by atoms with Crippen LogP contribution in [0.3, 0.4) is 0 Å². The van der Waals surface area contributed by atoms with Crippen LogP contribution in [0, 0.1) is 50.2 Å². The minimum Gasteiger partial charge on any atom is -0.481 e. The molecule has 20 heteroatoms. The van der Waals surface area contributed by atoms with Crippen molar-refractivity contribution in [2.24, 2.45) is 50.2 Å². The van der Waals surface area contributed by atoms with E-state index in [4.69, 9.17) is 28.4 Å². The normalized spacial score (nSPS) is 55.7. The fourth-order valence-corrected chi connectivity index (χ4v) is 15.1. The summed E-state index contributed by atoms with van der Waals surface area (Å²) in [5.74, 6) is -2.76. The lowest BCUT2D eigenvalue weighted by Gasteiger charge is -2.72. The van der Waals surface area contributed by atoms with E-state index in [9.17, 15) is 70.9 Å². The summed E-state index contributed by atoms with van der Waals surface area (Å²) in [5.41, 5.74) is -2.51. The molecule has 8 rings (SSSR count). The molecule has 20 nitrogen and oxygen atoms in total. The molecule has 0 amide bonds. The van der Waals surface area contributed by atoms with Crippen molar-refractivity contribution >= 4 is 11.9 Å². The number of aliphatic hydroxyl groups excluding tert-OH is 10. The van der Waals surface area contributed by atoms with Crippen molar-refractivity contribution in [2.75, 3.05) is 6.61 Å². The van der Waals surface area contributed by atoms with Gasteiger partial charge >= 0.3 is 11.9 Å². The van der Waals surface area contributed by atoms with Crippen LogP contribution in [0.2, 0.25) is 0 Å². The third-order valence-electron chi connectivity index (χ3n) is 19.8. The molecule has 0 radical (unpaired) electrons. The van der Waals surface area contributed by atoms with Gasteiger partial charge in [-0.25, -0.2) is 4.79 Å². The smallest absolute Gasteiger partial charge is 0.335 e. The summed E-state index contributed by atoms with van der Waals surface area (Å²) in [6, 6.07) is 0. The van der Waals surface area contributed by atoms with Gasteiger partial charge in [0.15, 0.2) is 25.0 Å². The van der Waals surface area contributed by atoms with E-state index in [0.29, 0.717) is 19.3 Å². The van der Waals surface area contributed by atoms with Crippen molar-refractivity contribution in [1.29, 1.82) is 0 Å². The Morgan fingerprint density at radius 2 is 1.26 bits per heavy atom. The first-order valence-electron chi connectivity index (χ1n) is 24.4. The van der Waals surface area contributed by atoms with Crippen LogP contribution >= 0.6 is 0 Å². The monoisotopic (exact) mass is 972 g/mol. The first-order chi connectivity index (χ1) is 31.5. The Kier molecular flexibility index (Phi) is 13.8. The Morgan fingerprint density at radius 1 is 0.647 bits per heavy atom. The largest absolute Gasteiger partial charge is 0.481 e. The van der Waals surface area contributed by atoms with Crippen molar-refractivity contribution in [3.05, 3.63) is 11.6 Å². The summed E-state index contributed by atoms with van der Waals surface area (Å²) in [6.07, 6.45) is -22.1. The van der Waals surface area contributed by atoms with Crippen LogP contribution in [-0.4, -0.2) is 190 Å². The van der Waals surface area contributed by atoms with Gasteiger partial charge in [-0.15, -0.1) is 0 Å². The molecule has 26 atom stereocenters. The number of fused-ring (bicyclic) bond motifs is 7. The van der Waals surface area contributed by atoms with Crippen LogP contribution in [-0.2, 0) is 38.0 Å². The van der Waals surface area contributed by atoms with Gasteiger partial charge in [0.25, 0.3) is 0 Å². The number of aliphatic carboxylic acids is 2. The maximum Gasteiger partial charge on any atom is 0.335 e. The van der Waals surface area contributed by atoms with Crippen molar-refractivity contribution in [1.82, 2.24) is 0 Å². The first-order valence-corrected chi connectivity index (χ1v) is 24.4. The number of aliphatic hydroxyl groups is 10. The third-order valence-corrected chi connectivity index (χ3v) is 19.8. The van der Waals surface area contributed by atoms with Crippen LogP contribution < -0.4 is 0 Å². The predicted molar refractivity (Wildman–Crippen MR) is 232 cm³/mol. The second-order valence-corrected chi connectivity index (χ2v) is 23.5. The number of rotatable bonds is 9. The summed E-state index contributed by atoms with van der Waals surface area (Å²) < 4.78 is 36.2. The second-order valence-electron chi connectivity index (χ2n) is 23.5. The number of carboxylic acids is 2. The quantitative estimate of drug-likeness (QED) is 0.105. The molecular weight excluding hydrogens is 897 g/mol. The predicted octanol–water partition coefficient (Wildman–Crippen LogP) is -0.232. The Balaban J connectivity index is 1.06. The molecule has 5 aliphatic carbocycles. The van der Waals surface area contributed by atoms with Gasteiger partial charge in [-0.2, -0.15) is 0 Å². The Morgan fingerprint density at radius 3 is 1.88 bits per heavy atom. The van der Waals surface area contributed by atoms with Crippen molar-refractivity contribution in [2.45, 2.75) is 217 Å². The van der Waals surface area contributed by atoms with E-state index in [2.05, 4.69) is 40.7 Å². The highest BCUT2D eigenvalue weighted by atomic mass is 16.8. The van der Waals surface area contributed by atoms with E-state index in [1.165, 1.54) is 19.4 Å². The zero-order valence-electron chi connectivity index (χ0n) is 40.2. The zero-order chi connectivity index (χ0) is 50.2. The molecule has 0 aromatic rings. The molecule has 388 valence electrons. The summed E-state index contributed by atoms with van der Waals surface area (Å²) in [4.78, 5) is 25.1. The Bertz CT molecular complexity index is 1940. The SMILES string of the molecule is C[C@@H]1O[C@@H](O[C@H]2[C@H](O[C@H]3[C@H](O[C@H]4CC[C@]5(C)[C@H]6CC=C7[C@@H]8C[C@](C)(C(=O)O)[C@@H](O)[C@@H](O)[C@]8(C)CC[C@@]7(C)[C@]6(C)CC[C@H]5C4(C)C)O[C@H](C(=O)O)[C@@H](O)[C@@H]3O)O[C@H](CO)[C@H](O)[C@@H]2O)[C@H](O)[C@H](O)[C@H]1O. The topological polar surface area (TPSA) is 332 Å². The van der Waals surface area contributed by atoms with Gasteiger partial charge in [0, 0.05) is 5.41 Å². The van der Waals surface area contributed by atoms with Crippen LogP contribution in [0.25, 0.3) is 0 Å². The number of hydrogen-bond acceptors (Lipinski definition) is 18. The van der Waals surface area contributed by atoms with E-state index in [1.807, 2.05) is 6.92 Å². The van der Waals surface area contributed by atoms with Gasteiger partial charge in [0.2, 0.25) is 0 Å². The minimum atomic E-state index is -2.06. The molecule has 12 N–H and O–H groups in total. The Hall–Kier alpha value is -1.96. The fraction of sp³-hybridized carbons (Fsp3) is 0.917. The summed E-state index contributed by atoms with van der Waals surface area (Å²) in [7, 11) is 0. The highest BCUT2D eigenvalue weighted by molar-refractivity contribution is 5.75. The highest BCUT2D eigenvalue weighted by Gasteiger charge is 2.71. The van der Waals surface area contributed by atoms with Gasteiger partial charge in [0.05, 0.1) is 36.4 Å². The molecule has 0 bridgehead atoms. The minimum absolute atomic E-state index is 0.0366. The molecule has 3 aliphatic heterocycles. The van der Waals surface area contributed by atoms with Crippen LogP contribution in [0.15, 0.2) is 11.6 Å². The summed E-state index contributed by atoms with van der Waals surface area (Å²) in [5, 5.41) is 130. The first kappa shape index (κ1) is 52.4. The van der Waals surface area contributed by atoms with E-state index >= 15 is 0 Å². The summed E-state index contributed by atoms with van der Waals surface area (Å²) in [6.45, 7) is 15.2. The zero-order valence-corrected chi connectivity index (χ0v) is 40.2. The van der Waals surface area contributed by atoms with Crippen LogP contribution in [0.1, 0.15) is 107 Å². The molecule has 0 spiro atoms. The van der Waals surface area contributed by atoms with Gasteiger partial charge < -0.3 is 89.7 Å². The standard InChI is InChI=1S/C48H76O20/c1-19-26(50)28(52)32(56)39(63-19)67-34-29(53)27(51)22(18-49)64-40(34)68-35-31(55)30(54)33(38(59)60)66-41(35)65-25-12-13-45(5)23(43(25,2)3)11-14-48(8)24(45)10-9-20-21-17-46(6,42(61)62)37(58)36(57)44(21,4)15-16-47(20,48)7/h9,19,21-37,39-41,49-58H,10-18H2,1-8H3,(H,59,60)(H,61,62)/t19-,21-,22+,23-,24+,25-,26-,27-,28+,29-,30-,31-,32+,33-,34+,35+,36+,37-,39-,40-,41+,44+,45-,46-,47+,48+/m0/s1. The van der Waals surface area contributed by atoms with E-state index in [1.54, 1.807) is 0 Å². The van der Waals surface area contributed by atoms with Gasteiger partial charge in [0.1, 0.15) is 61.0 Å². The maximum atomic E-state index is 12.7. The van der Waals surface area contributed by atoms with E-state index in [0.717, 1.165) is 25.7 Å². The maximum absolute atomic E-state index is 12.7. The van der Waals surface area contributed by atoms with E-state index in [-0.39, 0.29) is 40.4 Å². The Labute approximate surface area is 396 Å². The highest BCUT2D eigenvalue weighted by Crippen LogP contribution is 2.76. The molecule has 4 saturated carbocycles. The van der Waals surface area contributed by atoms with Gasteiger partial charge in [-0.1, -0.05) is 53.2 Å². The van der Waals surface area contributed by atoms with Crippen molar-refractivity contribution < 1.29 is 99.3 Å². The van der Waals surface area contributed by atoms with Gasteiger partial charge in [-0.3, -0.25) is 4.79 Å². The van der Waals surface area contributed by atoms with Crippen molar-refractivity contribution in [3.63, 3.8) is 0 Å². The molecule has 7 fully saturated rings. The fourth-order valence-electron chi connectivity index (χ4n) is 15.1. The number of hydrogen-bond donors (Lipinski definition) is 12. The summed E-state index contributed by atoms with van der Waals surface area (Å²) >= 11 is 0. The number of carbonyl (C=O) groups is 2. The molecule has 3 heterocycles. The molecular formula is C48H76O20. The molecule has 3 saturated heterocycles. The molecule has 0 unspecified atom stereocenters. The lowest BCUT2D eigenvalue weighted by atomic mass is 9.33. The van der Waals surface area contributed by atoms with Gasteiger partial charge in [-0.05, 0) is 105 Å². The van der Waals surface area contributed by atoms with Crippen LogP contribution in [0.4, 0.5) is 0 Å². The molecule has 68 heavy (non-hydrogen) atoms. The lowest BCUT2D eigenvalue weighted by molar-refractivity contribution is -0.395. The number of allylic oxidation sites excluding steroid dienone is 2. The van der Waals surface area contributed by atoms with Crippen molar-refractivity contribution in [3.8, 4) is 0 Å². The molecule has 0 aromatic carbocycles. The number of ether oxygens (including phenoxy) is 6.